The normalized spacial score (nSPS) is 15.7. The standard InChI is InChI=1S/C20H21ClN2O3S/c1-13(2)12-22-20(24)19-18(14-7-5-4-6-8-14)16-11-15(21)9-10-17(16)23(3)27(19,25)26/h4-11,13H,12H2,1-3H3,(H,22,24). The number of amides is 1. The van der Waals surface area contributed by atoms with Crippen molar-refractivity contribution < 1.29 is 13.2 Å². The lowest BCUT2D eigenvalue weighted by Crippen LogP contribution is -2.40. The molecule has 0 radical (unpaired) electrons. The first-order valence-electron chi connectivity index (χ1n) is 8.60. The third-order valence-corrected chi connectivity index (χ3v) is 6.41. The summed E-state index contributed by atoms with van der Waals surface area (Å²) in [6.07, 6.45) is 0. The Bertz CT molecular complexity index is 1010. The number of carbonyl (C=O) groups is 1. The Hall–Kier alpha value is -2.31. The lowest BCUT2D eigenvalue weighted by molar-refractivity contribution is -0.116. The van der Waals surface area contributed by atoms with Gasteiger partial charge in [-0.25, -0.2) is 8.42 Å². The van der Waals surface area contributed by atoms with Crippen LogP contribution in [0.15, 0.2) is 53.4 Å². The zero-order chi connectivity index (χ0) is 19.8. The highest BCUT2D eigenvalue weighted by atomic mass is 35.5. The average Bonchev–Trinajstić information content (AvgIpc) is 2.63. The van der Waals surface area contributed by atoms with Crippen LogP contribution >= 0.6 is 11.6 Å². The summed E-state index contributed by atoms with van der Waals surface area (Å²) in [6, 6.07) is 14.0. The minimum Gasteiger partial charge on any atom is -0.351 e. The SMILES string of the molecule is CC(C)CNC(=O)C1=C(c2ccccc2)c2cc(Cl)ccc2N(C)S1(=O)=O. The summed E-state index contributed by atoms with van der Waals surface area (Å²) in [5.74, 6) is -0.416. The summed E-state index contributed by atoms with van der Waals surface area (Å²) in [6.45, 7) is 4.28. The smallest absolute Gasteiger partial charge is 0.270 e. The van der Waals surface area contributed by atoms with E-state index in [9.17, 15) is 13.2 Å². The highest BCUT2D eigenvalue weighted by Gasteiger charge is 2.39. The predicted molar refractivity (Wildman–Crippen MR) is 109 cm³/mol. The molecule has 1 N–H and O–H groups in total. The minimum absolute atomic E-state index is 0.195. The van der Waals surface area contributed by atoms with Crippen LogP contribution in [0.4, 0.5) is 5.69 Å². The summed E-state index contributed by atoms with van der Waals surface area (Å²) in [7, 11) is -2.57. The Morgan fingerprint density at radius 1 is 1.15 bits per heavy atom. The van der Waals surface area contributed by atoms with E-state index in [-0.39, 0.29) is 10.8 Å². The van der Waals surface area contributed by atoms with Gasteiger partial charge < -0.3 is 5.32 Å². The topological polar surface area (TPSA) is 66.5 Å². The molecule has 0 aliphatic carbocycles. The van der Waals surface area contributed by atoms with E-state index >= 15 is 0 Å². The van der Waals surface area contributed by atoms with Crippen molar-refractivity contribution in [3.63, 3.8) is 0 Å². The van der Waals surface area contributed by atoms with Crippen molar-refractivity contribution >= 4 is 38.8 Å². The number of rotatable bonds is 4. The molecule has 0 atom stereocenters. The maximum Gasteiger partial charge on any atom is 0.270 e. The Kier molecular flexibility index (Phi) is 5.31. The second-order valence-electron chi connectivity index (χ2n) is 6.81. The zero-order valence-corrected chi connectivity index (χ0v) is 16.9. The number of hydrogen-bond acceptors (Lipinski definition) is 3. The van der Waals surface area contributed by atoms with Crippen LogP contribution in [0.25, 0.3) is 5.57 Å². The molecule has 0 saturated heterocycles. The van der Waals surface area contributed by atoms with Crippen LogP contribution in [0.5, 0.6) is 0 Å². The van der Waals surface area contributed by atoms with Crippen LogP contribution in [0.2, 0.25) is 5.02 Å². The van der Waals surface area contributed by atoms with Crippen molar-refractivity contribution in [1.82, 2.24) is 5.32 Å². The molecule has 0 bridgehead atoms. The van der Waals surface area contributed by atoms with Crippen LogP contribution in [-0.2, 0) is 14.8 Å². The molecule has 142 valence electrons. The molecule has 0 unspecified atom stereocenters. The summed E-state index contributed by atoms with van der Waals surface area (Å²) >= 11 is 6.19. The van der Waals surface area contributed by atoms with Gasteiger partial charge in [0, 0.05) is 29.8 Å². The number of halogens is 1. The average molecular weight is 405 g/mol. The van der Waals surface area contributed by atoms with Gasteiger partial charge in [-0.1, -0.05) is 55.8 Å². The predicted octanol–water partition coefficient (Wildman–Crippen LogP) is 3.65. The number of carbonyl (C=O) groups excluding carboxylic acids is 1. The van der Waals surface area contributed by atoms with Crippen molar-refractivity contribution in [2.24, 2.45) is 5.92 Å². The first kappa shape index (κ1) is 19.5. The Morgan fingerprint density at radius 3 is 2.44 bits per heavy atom. The van der Waals surface area contributed by atoms with E-state index in [1.165, 1.54) is 7.05 Å². The molecule has 0 spiro atoms. The van der Waals surface area contributed by atoms with E-state index in [4.69, 9.17) is 11.6 Å². The van der Waals surface area contributed by atoms with Crippen LogP contribution in [0.1, 0.15) is 25.0 Å². The summed E-state index contributed by atoms with van der Waals surface area (Å²) in [5, 5.41) is 3.21. The number of benzene rings is 2. The molecule has 1 heterocycles. The third-order valence-electron chi connectivity index (χ3n) is 4.35. The number of hydrogen-bond donors (Lipinski definition) is 1. The van der Waals surface area contributed by atoms with Crippen LogP contribution in [0, 0.1) is 5.92 Å². The van der Waals surface area contributed by atoms with E-state index < -0.39 is 15.9 Å². The van der Waals surface area contributed by atoms with Gasteiger partial charge in [0.1, 0.15) is 0 Å². The van der Waals surface area contributed by atoms with Gasteiger partial charge in [-0.3, -0.25) is 9.10 Å². The number of sulfonamides is 1. The van der Waals surface area contributed by atoms with Crippen molar-refractivity contribution in [3.8, 4) is 0 Å². The molecular formula is C20H21ClN2O3S. The second kappa shape index (κ2) is 7.37. The van der Waals surface area contributed by atoms with Crippen molar-refractivity contribution in [1.29, 1.82) is 0 Å². The van der Waals surface area contributed by atoms with E-state index in [1.54, 1.807) is 42.5 Å². The summed E-state index contributed by atoms with van der Waals surface area (Å²) < 4.78 is 27.5. The second-order valence-corrected chi connectivity index (χ2v) is 9.15. The molecular weight excluding hydrogens is 384 g/mol. The van der Waals surface area contributed by atoms with Crippen LogP contribution < -0.4 is 9.62 Å². The van der Waals surface area contributed by atoms with Gasteiger partial charge >= 0.3 is 0 Å². The molecule has 0 fully saturated rings. The molecule has 1 aliphatic heterocycles. The number of anilines is 1. The summed E-state index contributed by atoms with van der Waals surface area (Å²) in [5.41, 5.74) is 2.11. The van der Waals surface area contributed by atoms with E-state index in [0.29, 0.717) is 34.0 Å². The lowest BCUT2D eigenvalue weighted by atomic mass is 9.95. The van der Waals surface area contributed by atoms with E-state index in [1.807, 2.05) is 19.9 Å². The first-order valence-corrected chi connectivity index (χ1v) is 10.4. The fourth-order valence-electron chi connectivity index (χ4n) is 3.00. The van der Waals surface area contributed by atoms with Gasteiger partial charge in [-0.2, -0.15) is 0 Å². The number of nitrogens with zero attached hydrogens (tertiary/aromatic N) is 1. The minimum atomic E-state index is -4.02. The van der Waals surface area contributed by atoms with Gasteiger partial charge in [0.2, 0.25) is 0 Å². The fraction of sp³-hybridized carbons (Fsp3) is 0.250. The van der Waals surface area contributed by atoms with Gasteiger partial charge in [-0.15, -0.1) is 0 Å². The molecule has 0 aromatic heterocycles. The zero-order valence-electron chi connectivity index (χ0n) is 15.4. The highest BCUT2D eigenvalue weighted by molar-refractivity contribution is 7.97. The lowest BCUT2D eigenvalue weighted by Gasteiger charge is -2.31. The molecule has 2 aromatic carbocycles. The van der Waals surface area contributed by atoms with Crippen molar-refractivity contribution in [2.45, 2.75) is 13.8 Å². The number of fused-ring (bicyclic) bond motifs is 1. The largest absolute Gasteiger partial charge is 0.351 e. The van der Waals surface area contributed by atoms with E-state index in [0.717, 1.165) is 4.31 Å². The third kappa shape index (κ3) is 3.59. The molecule has 7 heteroatoms. The van der Waals surface area contributed by atoms with Crippen molar-refractivity contribution in [2.75, 3.05) is 17.9 Å². The van der Waals surface area contributed by atoms with Gasteiger partial charge in [0.25, 0.3) is 15.9 Å². The molecule has 2 aromatic rings. The molecule has 5 nitrogen and oxygen atoms in total. The first-order chi connectivity index (χ1) is 12.7. The van der Waals surface area contributed by atoms with Crippen molar-refractivity contribution in [3.05, 3.63) is 69.6 Å². The quantitative estimate of drug-likeness (QED) is 0.845. The number of nitrogens with one attached hydrogen (secondary N) is 1. The van der Waals surface area contributed by atoms with Gasteiger partial charge in [-0.05, 0) is 29.7 Å². The maximum atomic E-state index is 13.2. The molecule has 3 rings (SSSR count). The van der Waals surface area contributed by atoms with E-state index in [2.05, 4.69) is 5.32 Å². The molecule has 1 amide bonds. The Balaban J connectivity index is 2.33. The highest BCUT2D eigenvalue weighted by Crippen LogP contribution is 2.43. The fourth-order valence-corrected chi connectivity index (χ4v) is 4.66. The maximum absolute atomic E-state index is 13.2. The van der Waals surface area contributed by atoms with Gasteiger partial charge in [0.05, 0.1) is 5.69 Å². The molecule has 27 heavy (non-hydrogen) atoms. The Labute approximate surface area is 164 Å². The Morgan fingerprint density at radius 2 is 1.81 bits per heavy atom. The van der Waals surface area contributed by atoms with Gasteiger partial charge in [0.15, 0.2) is 4.91 Å². The molecule has 0 saturated carbocycles. The van der Waals surface area contributed by atoms with Crippen LogP contribution in [-0.4, -0.2) is 27.9 Å². The summed E-state index contributed by atoms with van der Waals surface area (Å²) in [4.78, 5) is 12.7. The van der Waals surface area contributed by atoms with Crippen LogP contribution in [0.3, 0.4) is 0 Å². The monoisotopic (exact) mass is 404 g/mol. The molecule has 1 aliphatic rings.